The summed E-state index contributed by atoms with van der Waals surface area (Å²) in [5, 5.41) is 24.3. The molecule has 2 unspecified atom stereocenters. The second-order valence-electron chi connectivity index (χ2n) is 16.6. The molecule has 5 N–H and O–H groups in total. The Balaban J connectivity index is 0.000000305. The van der Waals surface area contributed by atoms with E-state index in [-0.39, 0.29) is 29.0 Å². The number of piperidine rings is 1. The molecule has 4 heterocycles. The molecule has 0 bridgehead atoms. The number of rotatable bonds is 11. The molecule has 5 aromatic rings. The molecule has 7 rings (SSSR count). The van der Waals surface area contributed by atoms with Gasteiger partial charge in [0.1, 0.15) is 11.8 Å². The summed E-state index contributed by atoms with van der Waals surface area (Å²) >= 11 is 1.64. The van der Waals surface area contributed by atoms with E-state index in [9.17, 15) is 19.5 Å². The minimum atomic E-state index is -0.532. The number of aromatic nitrogens is 3. The second kappa shape index (κ2) is 19.4. The summed E-state index contributed by atoms with van der Waals surface area (Å²) in [7, 11) is 0. The zero-order chi connectivity index (χ0) is 42.1. The van der Waals surface area contributed by atoms with Crippen LogP contribution in [0.15, 0.2) is 84.4 Å². The maximum absolute atomic E-state index is 13.3. The number of hydrogen-bond acceptors (Lipinski definition) is 10. The lowest BCUT2D eigenvalue weighted by Crippen LogP contribution is -2.57. The normalized spacial score (nSPS) is 16.5. The Morgan fingerprint density at radius 3 is 2.25 bits per heavy atom. The van der Waals surface area contributed by atoms with E-state index in [1.54, 1.807) is 29.5 Å². The second-order valence-corrected chi connectivity index (χ2v) is 17.4. The highest BCUT2D eigenvalue weighted by molar-refractivity contribution is 7.13. The number of phenols is 1. The number of nitrogens with zero attached hydrogens (tertiary/aromatic N) is 5. The first-order valence-electron chi connectivity index (χ1n) is 20.3. The molecule has 3 aromatic carbocycles. The van der Waals surface area contributed by atoms with Gasteiger partial charge in [-0.2, -0.15) is 0 Å². The van der Waals surface area contributed by atoms with Crippen molar-refractivity contribution in [2.75, 3.05) is 31.9 Å². The van der Waals surface area contributed by atoms with Crippen LogP contribution >= 0.6 is 11.3 Å². The molecule has 2 atom stereocenters. The van der Waals surface area contributed by atoms with Crippen LogP contribution < -0.4 is 16.4 Å². The quantitative estimate of drug-likeness (QED) is 0.101. The van der Waals surface area contributed by atoms with Crippen LogP contribution in [0, 0.1) is 12.3 Å². The molecular weight excluding hydrogens is 761 g/mol. The summed E-state index contributed by atoms with van der Waals surface area (Å²) in [5.41, 5.74) is 15.1. The lowest BCUT2D eigenvalue weighted by atomic mass is 9.85. The number of aromatic hydroxyl groups is 1. The average molecular weight is 817 g/mol. The molecule has 0 spiro atoms. The van der Waals surface area contributed by atoms with Crippen molar-refractivity contribution in [2.24, 2.45) is 5.41 Å². The van der Waals surface area contributed by atoms with Gasteiger partial charge in [0.05, 0.1) is 28.3 Å². The zero-order valence-electron chi connectivity index (χ0n) is 34.6. The van der Waals surface area contributed by atoms with Crippen molar-refractivity contribution in [2.45, 2.75) is 84.8 Å². The highest BCUT2D eigenvalue weighted by atomic mass is 32.1. The van der Waals surface area contributed by atoms with E-state index in [0.29, 0.717) is 42.5 Å². The number of carbonyl (C=O) groups is 3. The Hall–Kier alpha value is -5.66. The number of amides is 3. The third-order valence-corrected chi connectivity index (χ3v) is 12.2. The van der Waals surface area contributed by atoms with Crippen molar-refractivity contribution >= 4 is 35.4 Å². The number of benzene rings is 3. The number of anilines is 1. The van der Waals surface area contributed by atoms with E-state index in [2.05, 4.69) is 74.0 Å². The van der Waals surface area contributed by atoms with Crippen molar-refractivity contribution in [1.29, 1.82) is 0 Å². The van der Waals surface area contributed by atoms with E-state index in [1.165, 1.54) is 16.0 Å². The minimum absolute atomic E-state index is 0.0340. The molecule has 2 aliphatic rings. The third kappa shape index (κ3) is 10.9. The van der Waals surface area contributed by atoms with E-state index >= 15 is 0 Å². The summed E-state index contributed by atoms with van der Waals surface area (Å²) in [5.74, 6) is 0.829. The van der Waals surface area contributed by atoms with Crippen LogP contribution in [0.4, 0.5) is 5.82 Å². The Kier molecular flexibility index (Phi) is 14.1. The monoisotopic (exact) mass is 816 g/mol. The fraction of sp³-hybridized carbons (Fsp3) is 0.391. The first-order chi connectivity index (χ1) is 28.3. The number of aryl methyl sites for hydroxylation is 1. The summed E-state index contributed by atoms with van der Waals surface area (Å²) in [6, 6.07) is 25.1. The van der Waals surface area contributed by atoms with Gasteiger partial charge in [-0.1, -0.05) is 81.4 Å². The van der Waals surface area contributed by atoms with Gasteiger partial charge in [-0.25, -0.2) is 4.98 Å². The molecule has 2 aliphatic heterocycles. The summed E-state index contributed by atoms with van der Waals surface area (Å²) in [6.45, 7) is 13.4. The summed E-state index contributed by atoms with van der Waals surface area (Å²) in [4.78, 5) is 46.1. The van der Waals surface area contributed by atoms with Crippen LogP contribution in [0.3, 0.4) is 0 Å². The van der Waals surface area contributed by atoms with Gasteiger partial charge in [-0.15, -0.1) is 21.5 Å². The molecule has 13 heteroatoms. The summed E-state index contributed by atoms with van der Waals surface area (Å²) in [6.07, 6.45) is 4.65. The van der Waals surface area contributed by atoms with Crippen molar-refractivity contribution in [1.82, 2.24) is 35.6 Å². The van der Waals surface area contributed by atoms with Gasteiger partial charge in [-0.05, 0) is 104 Å². The van der Waals surface area contributed by atoms with E-state index in [0.717, 1.165) is 67.7 Å². The Bertz CT molecular complexity index is 2190. The minimum Gasteiger partial charge on any atom is -0.507 e. The fourth-order valence-electron chi connectivity index (χ4n) is 7.81. The topological polar surface area (TPSA) is 167 Å². The van der Waals surface area contributed by atoms with Gasteiger partial charge in [0.2, 0.25) is 18.2 Å². The lowest BCUT2D eigenvalue weighted by Gasteiger charge is -2.36. The molecule has 2 aromatic heterocycles. The smallest absolute Gasteiger partial charge is 0.245 e. The maximum atomic E-state index is 13.3. The van der Waals surface area contributed by atoms with Crippen LogP contribution in [0.25, 0.3) is 32.8 Å². The largest absolute Gasteiger partial charge is 0.507 e. The van der Waals surface area contributed by atoms with Crippen LogP contribution in [0.1, 0.15) is 76.1 Å². The highest BCUT2D eigenvalue weighted by Gasteiger charge is 2.38. The van der Waals surface area contributed by atoms with Gasteiger partial charge in [0, 0.05) is 30.3 Å². The van der Waals surface area contributed by atoms with Crippen LogP contribution in [0.5, 0.6) is 5.75 Å². The fourth-order valence-corrected chi connectivity index (χ4v) is 8.62. The molecule has 2 saturated heterocycles. The van der Waals surface area contributed by atoms with Crippen molar-refractivity contribution in [3.05, 3.63) is 101 Å². The number of likely N-dealkylation sites (tertiary alicyclic amines) is 2. The number of carbonyl (C=O) groups excluding carboxylic acids is 3. The highest BCUT2D eigenvalue weighted by Crippen LogP contribution is 2.34. The summed E-state index contributed by atoms with van der Waals surface area (Å²) < 4.78 is 0. The van der Waals surface area contributed by atoms with E-state index in [1.807, 2.05) is 62.4 Å². The standard InChI is InChI=1S/C34H44N6O3.C12H12N2OS/c1-22-8-7-17-40(22)33(43)31(34(2,3)4)36-30(42)21-39-18-15-24(16-19-39)23-11-13-25(14-12-23)27-20-28(37-38-32(27)35)26-9-5-6-10-29(26)41;1-9-12(16-8-14-9)11-4-2-10(3-5-11)6-13-7-15/h5-6,9-14,20,22,24,31,41H,7-8,15-19,21H2,1-4H3,(H2,35,38)(H,36,42);2-5,7-8H,6H2,1H3,(H,13,15). The van der Waals surface area contributed by atoms with Crippen molar-refractivity contribution in [3.8, 4) is 38.6 Å². The predicted octanol–water partition coefficient (Wildman–Crippen LogP) is 7.18. The number of hydrogen-bond donors (Lipinski definition) is 4. The third-order valence-electron chi connectivity index (χ3n) is 11.3. The van der Waals surface area contributed by atoms with E-state index < -0.39 is 6.04 Å². The average Bonchev–Trinajstić information content (AvgIpc) is 3.87. The number of nitrogen functional groups attached to an aromatic ring is 1. The number of thiazole rings is 1. The number of nitrogens with two attached hydrogens (primary N) is 1. The molecule has 0 aliphatic carbocycles. The lowest BCUT2D eigenvalue weighted by molar-refractivity contribution is -0.140. The molecular formula is C46H56N8O4S. The van der Waals surface area contributed by atoms with E-state index in [4.69, 9.17) is 5.73 Å². The Morgan fingerprint density at radius 2 is 1.64 bits per heavy atom. The van der Waals surface area contributed by atoms with Crippen LogP contribution in [-0.2, 0) is 20.9 Å². The molecule has 0 radical (unpaired) electrons. The van der Waals surface area contributed by atoms with Crippen molar-refractivity contribution < 1.29 is 19.5 Å². The van der Waals surface area contributed by atoms with Gasteiger partial charge >= 0.3 is 0 Å². The Morgan fingerprint density at radius 1 is 0.949 bits per heavy atom. The number of nitrogens with one attached hydrogen (secondary N) is 2. The zero-order valence-corrected chi connectivity index (χ0v) is 35.5. The Labute approximate surface area is 351 Å². The first kappa shape index (κ1) is 42.9. The SMILES string of the molecule is CC1CCCN1C(=O)C(NC(=O)CN1CCC(c2ccc(-c3cc(-c4ccccc4O)nnc3N)cc2)CC1)C(C)(C)C.Cc1ncsc1-c1ccc(CNC=O)cc1. The molecule has 3 amide bonds. The van der Waals surface area contributed by atoms with Gasteiger partial charge in [-0.3, -0.25) is 19.3 Å². The van der Waals surface area contributed by atoms with Gasteiger partial charge in [0.15, 0.2) is 5.82 Å². The van der Waals surface area contributed by atoms with Gasteiger partial charge < -0.3 is 26.4 Å². The van der Waals surface area contributed by atoms with Crippen molar-refractivity contribution in [3.63, 3.8) is 0 Å². The number of para-hydroxylation sites is 1. The molecule has 12 nitrogen and oxygen atoms in total. The molecule has 2 fully saturated rings. The number of phenolic OH excluding ortho intramolecular Hbond substituents is 1. The van der Waals surface area contributed by atoms with Gasteiger partial charge in [0.25, 0.3) is 0 Å². The maximum Gasteiger partial charge on any atom is 0.245 e. The molecule has 310 valence electrons. The molecule has 0 saturated carbocycles. The van der Waals surface area contributed by atoms with Crippen LogP contribution in [-0.4, -0.2) is 86.6 Å². The molecule has 59 heavy (non-hydrogen) atoms. The van der Waals surface area contributed by atoms with Crippen LogP contribution in [0.2, 0.25) is 0 Å². The first-order valence-corrected chi connectivity index (χ1v) is 21.2. The predicted molar refractivity (Wildman–Crippen MR) is 234 cm³/mol.